The Balaban J connectivity index is 1.88. The number of nitrogens with zero attached hydrogens (tertiary/aromatic N) is 2. The van der Waals surface area contributed by atoms with E-state index >= 15 is 0 Å². The minimum absolute atomic E-state index is 0.0503. The van der Waals surface area contributed by atoms with E-state index in [0.717, 1.165) is 10.9 Å². The van der Waals surface area contributed by atoms with Crippen molar-refractivity contribution in [3.05, 3.63) is 35.9 Å². The smallest absolute Gasteiger partial charge is 0.150 e. The fourth-order valence-electron chi connectivity index (χ4n) is 2.54. The van der Waals surface area contributed by atoms with Crippen molar-refractivity contribution in [3.8, 4) is 6.07 Å². The lowest BCUT2D eigenvalue weighted by Gasteiger charge is -2.24. The average Bonchev–Trinajstić information content (AvgIpc) is 2.48. The largest absolute Gasteiger partial charge is 0.366 e. The lowest BCUT2D eigenvalue weighted by molar-refractivity contribution is 0.559. The van der Waals surface area contributed by atoms with Crippen LogP contribution in [0.25, 0.3) is 10.9 Å². The lowest BCUT2D eigenvalue weighted by atomic mass is 10.1. The van der Waals surface area contributed by atoms with Crippen molar-refractivity contribution in [2.24, 2.45) is 0 Å². The molecule has 0 bridgehead atoms. The molecule has 1 N–H and O–H groups in total. The van der Waals surface area contributed by atoms with Crippen molar-refractivity contribution in [2.75, 3.05) is 16.8 Å². The summed E-state index contributed by atoms with van der Waals surface area (Å²) in [6, 6.07) is 11.6. The average molecular weight is 301 g/mol. The third-order valence-corrected chi connectivity index (χ3v) is 5.46. The second-order valence-electron chi connectivity index (χ2n) is 5.26. The molecule has 5 nitrogen and oxygen atoms in total. The van der Waals surface area contributed by atoms with Gasteiger partial charge in [0.05, 0.1) is 22.6 Å². The summed E-state index contributed by atoms with van der Waals surface area (Å²) in [5, 5.41) is 13.4. The van der Waals surface area contributed by atoms with E-state index < -0.39 is 9.84 Å². The molecular weight excluding hydrogens is 286 g/mol. The SMILES string of the molecule is N#Cc1cc2ccccc2nc1NC1CCS(=O)(=O)CC1. The molecule has 0 radical (unpaired) electrons. The number of rotatable bonds is 2. The summed E-state index contributed by atoms with van der Waals surface area (Å²) in [6.45, 7) is 0. The molecule has 2 aromatic rings. The van der Waals surface area contributed by atoms with Crippen LogP contribution in [0.1, 0.15) is 18.4 Å². The fraction of sp³-hybridized carbons (Fsp3) is 0.333. The van der Waals surface area contributed by atoms with Gasteiger partial charge in [0.1, 0.15) is 21.7 Å². The molecule has 0 saturated carbocycles. The van der Waals surface area contributed by atoms with Gasteiger partial charge in [-0.2, -0.15) is 5.26 Å². The Morgan fingerprint density at radius 2 is 1.95 bits per heavy atom. The summed E-state index contributed by atoms with van der Waals surface area (Å²) in [5.74, 6) is 0.931. The molecule has 21 heavy (non-hydrogen) atoms. The van der Waals surface area contributed by atoms with Gasteiger partial charge in [0, 0.05) is 11.4 Å². The van der Waals surface area contributed by atoms with E-state index in [4.69, 9.17) is 0 Å². The van der Waals surface area contributed by atoms with Gasteiger partial charge in [-0.25, -0.2) is 13.4 Å². The zero-order valence-electron chi connectivity index (χ0n) is 11.4. The number of aromatic nitrogens is 1. The highest BCUT2D eigenvalue weighted by molar-refractivity contribution is 7.91. The summed E-state index contributed by atoms with van der Waals surface area (Å²) in [7, 11) is -2.88. The molecule has 0 unspecified atom stereocenters. The molecule has 0 atom stereocenters. The third kappa shape index (κ3) is 2.98. The summed E-state index contributed by atoms with van der Waals surface area (Å²) in [4.78, 5) is 4.49. The number of para-hydroxylation sites is 1. The molecule has 1 aromatic carbocycles. The first kappa shape index (κ1) is 13.8. The molecule has 1 saturated heterocycles. The minimum Gasteiger partial charge on any atom is -0.366 e. The molecular formula is C15H15N3O2S. The van der Waals surface area contributed by atoms with Crippen molar-refractivity contribution in [2.45, 2.75) is 18.9 Å². The first-order chi connectivity index (χ1) is 10.1. The number of fused-ring (bicyclic) bond motifs is 1. The van der Waals surface area contributed by atoms with Crippen molar-refractivity contribution in [3.63, 3.8) is 0 Å². The van der Waals surface area contributed by atoms with Crippen LogP contribution >= 0.6 is 0 Å². The van der Waals surface area contributed by atoms with Gasteiger partial charge in [-0.1, -0.05) is 18.2 Å². The van der Waals surface area contributed by atoms with Crippen LogP contribution in [-0.2, 0) is 9.84 Å². The highest BCUT2D eigenvalue weighted by Gasteiger charge is 2.24. The predicted octanol–water partition coefficient (Wildman–Crippen LogP) is 2.10. The van der Waals surface area contributed by atoms with Gasteiger partial charge in [0.25, 0.3) is 0 Å². The van der Waals surface area contributed by atoms with Gasteiger partial charge in [0.15, 0.2) is 0 Å². The normalized spacial score (nSPS) is 18.2. The van der Waals surface area contributed by atoms with Crippen LogP contribution in [0, 0.1) is 11.3 Å². The van der Waals surface area contributed by atoms with E-state index in [9.17, 15) is 13.7 Å². The van der Waals surface area contributed by atoms with E-state index in [2.05, 4.69) is 16.4 Å². The Kier molecular flexibility index (Phi) is 3.52. The molecule has 1 aromatic heterocycles. The molecule has 0 spiro atoms. The Bertz CT molecular complexity index is 810. The molecule has 1 fully saturated rings. The summed E-state index contributed by atoms with van der Waals surface area (Å²) in [5.41, 5.74) is 1.31. The van der Waals surface area contributed by atoms with E-state index in [1.807, 2.05) is 30.3 Å². The van der Waals surface area contributed by atoms with Crippen molar-refractivity contribution >= 4 is 26.6 Å². The molecule has 3 rings (SSSR count). The van der Waals surface area contributed by atoms with Crippen LogP contribution in [0.3, 0.4) is 0 Å². The van der Waals surface area contributed by atoms with Gasteiger partial charge in [-0.15, -0.1) is 0 Å². The number of benzene rings is 1. The van der Waals surface area contributed by atoms with Crippen LogP contribution in [0.15, 0.2) is 30.3 Å². The maximum Gasteiger partial charge on any atom is 0.150 e. The predicted molar refractivity (Wildman–Crippen MR) is 81.8 cm³/mol. The Morgan fingerprint density at radius 3 is 2.67 bits per heavy atom. The summed E-state index contributed by atoms with van der Waals surface area (Å²) >= 11 is 0. The first-order valence-electron chi connectivity index (χ1n) is 6.84. The number of anilines is 1. The summed E-state index contributed by atoms with van der Waals surface area (Å²) in [6.07, 6.45) is 1.11. The number of nitriles is 1. The standard InChI is InChI=1S/C15H15N3O2S/c16-10-12-9-11-3-1-2-4-14(11)18-15(12)17-13-5-7-21(19,20)8-6-13/h1-4,9,13H,5-8H2,(H,17,18). The summed E-state index contributed by atoms with van der Waals surface area (Å²) < 4.78 is 22.9. The zero-order valence-corrected chi connectivity index (χ0v) is 12.2. The van der Waals surface area contributed by atoms with E-state index in [0.29, 0.717) is 24.2 Å². The van der Waals surface area contributed by atoms with Crippen LogP contribution in [0.2, 0.25) is 0 Å². The molecule has 1 aliphatic heterocycles. The molecule has 2 heterocycles. The highest BCUT2D eigenvalue weighted by atomic mass is 32.2. The van der Waals surface area contributed by atoms with E-state index in [1.54, 1.807) is 0 Å². The van der Waals surface area contributed by atoms with Crippen LogP contribution in [0.4, 0.5) is 5.82 Å². The van der Waals surface area contributed by atoms with Gasteiger partial charge in [0.2, 0.25) is 0 Å². The highest BCUT2D eigenvalue weighted by Crippen LogP contribution is 2.23. The fourth-order valence-corrected chi connectivity index (χ4v) is 4.03. The molecule has 108 valence electrons. The topological polar surface area (TPSA) is 82.8 Å². The second kappa shape index (κ2) is 5.34. The Hall–Kier alpha value is -2.13. The number of nitrogens with one attached hydrogen (secondary N) is 1. The van der Waals surface area contributed by atoms with Gasteiger partial charge >= 0.3 is 0 Å². The van der Waals surface area contributed by atoms with Gasteiger partial charge in [-0.05, 0) is 25.0 Å². The number of pyridine rings is 1. The second-order valence-corrected chi connectivity index (χ2v) is 7.56. The first-order valence-corrected chi connectivity index (χ1v) is 8.66. The zero-order chi connectivity index (χ0) is 14.9. The van der Waals surface area contributed by atoms with Gasteiger partial charge in [-0.3, -0.25) is 0 Å². The minimum atomic E-state index is -2.88. The molecule has 0 aliphatic carbocycles. The number of sulfone groups is 1. The van der Waals surface area contributed by atoms with Crippen LogP contribution in [-0.4, -0.2) is 30.9 Å². The molecule has 0 amide bonds. The van der Waals surface area contributed by atoms with Crippen molar-refractivity contribution in [1.82, 2.24) is 4.98 Å². The van der Waals surface area contributed by atoms with Crippen LogP contribution in [0.5, 0.6) is 0 Å². The van der Waals surface area contributed by atoms with Gasteiger partial charge < -0.3 is 5.32 Å². The van der Waals surface area contributed by atoms with Crippen LogP contribution < -0.4 is 5.32 Å². The van der Waals surface area contributed by atoms with E-state index in [-0.39, 0.29) is 17.5 Å². The lowest BCUT2D eigenvalue weighted by Crippen LogP contribution is -2.32. The Labute approximate surface area is 123 Å². The maximum absolute atomic E-state index is 11.5. The van der Waals surface area contributed by atoms with Crippen molar-refractivity contribution < 1.29 is 8.42 Å². The Morgan fingerprint density at radius 1 is 1.24 bits per heavy atom. The number of hydrogen-bond donors (Lipinski definition) is 1. The monoisotopic (exact) mass is 301 g/mol. The quantitative estimate of drug-likeness (QED) is 0.918. The molecule has 1 aliphatic rings. The third-order valence-electron chi connectivity index (χ3n) is 3.74. The maximum atomic E-state index is 11.5. The molecule has 6 heteroatoms. The number of hydrogen-bond acceptors (Lipinski definition) is 5. The van der Waals surface area contributed by atoms with E-state index in [1.165, 1.54) is 0 Å². The van der Waals surface area contributed by atoms with Crippen molar-refractivity contribution in [1.29, 1.82) is 5.26 Å².